The maximum atomic E-state index is 11.1. The van der Waals surface area contributed by atoms with Crippen molar-refractivity contribution >= 4 is 17.0 Å². The molecule has 82 valence electrons. The largest absolute Gasteiger partial charge is 0.469 e. The van der Waals surface area contributed by atoms with Crippen LogP contribution in [-0.4, -0.2) is 23.0 Å². The molecule has 0 fully saturated rings. The molecule has 1 heterocycles. The fraction of sp³-hybridized carbons (Fsp3) is 0.182. The van der Waals surface area contributed by atoms with Crippen LogP contribution in [0.25, 0.3) is 11.0 Å². The van der Waals surface area contributed by atoms with E-state index in [9.17, 15) is 9.59 Å². The van der Waals surface area contributed by atoms with Crippen molar-refractivity contribution in [2.24, 2.45) is 0 Å². The van der Waals surface area contributed by atoms with Crippen LogP contribution in [0.1, 0.15) is 5.56 Å². The number of carbonyl (C=O) groups is 1. The highest BCUT2D eigenvalue weighted by Gasteiger charge is 2.04. The first-order chi connectivity index (χ1) is 7.69. The maximum absolute atomic E-state index is 11.1. The molecule has 0 amide bonds. The van der Waals surface area contributed by atoms with Gasteiger partial charge in [-0.15, -0.1) is 0 Å². The molecule has 0 aliphatic carbocycles. The Hall–Kier alpha value is -2.17. The van der Waals surface area contributed by atoms with Gasteiger partial charge in [0.05, 0.1) is 30.8 Å². The summed E-state index contributed by atoms with van der Waals surface area (Å²) in [6.07, 6.45) is 1.41. The van der Waals surface area contributed by atoms with Crippen molar-refractivity contribution in [3.8, 4) is 0 Å². The minimum absolute atomic E-state index is 0.184. The second-order valence-electron chi connectivity index (χ2n) is 3.35. The molecule has 0 unspecified atom stereocenters. The smallest absolute Gasteiger partial charge is 0.309 e. The van der Waals surface area contributed by atoms with Gasteiger partial charge in [-0.3, -0.25) is 9.59 Å². The molecule has 5 heteroatoms. The quantitative estimate of drug-likeness (QED) is 0.751. The second-order valence-corrected chi connectivity index (χ2v) is 3.35. The van der Waals surface area contributed by atoms with Crippen molar-refractivity contribution in [2.45, 2.75) is 6.42 Å². The summed E-state index contributed by atoms with van der Waals surface area (Å²) in [6.45, 7) is 0. The Morgan fingerprint density at radius 1 is 1.50 bits per heavy atom. The van der Waals surface area contributed by atoms with Crippen LogP contribution in [0.15, 0.2) is 29.2 Å². The molecule has 1 aromatic heterocycles. The van der Waals surface area contributed by atoms with E-state index in [1.165, 1.54) is 13.3 Å². The number of fused-ring (bicyclic) bond motifs is 1. The van der Waals surface area contributed by atoms with Crippen LogP contribution >= 0.6 is 0 Å². The van der Waals surface area contributed by atoms with Crippen LogP contribution < -0.4 is 5.56 Å². The SMILES string of the molecule is COC(=O)Cc1ccc2ncc(=O)[nH]c2c1. The lowest BCUT2D eigenvalue weighted by Crippen LogP contribution is -2.07. The molecule has 0 spiro atoms. The molecule has 0 radical (unpaired) electrons. The van der Waals surface area contributed by atoms with Gasteiger partial charge in [0.1, 0.15) is 0 Å². The topological polar surface area (TPSA) is 72.0 Å². The Morgan fingerprint density at radius 2 is 2.31 bits per heavy atom. The Balaban J connectivity index is 2.42. The van der Waals surface area contributed by atoms with Crippen molar-refractivity contribution in [1.82, 2.24) is 9.97 Å². The van der Waals surface area contributed by atoms with Gasteiger partial charge in [0, 0.05) is 0 Å². The molecule has 0 aliphatic rings. The Bertz CT molecular complexity index is 589. The minimum atomic E-state index is -0.314. The summed E-state index contributed by atoms with van der Waals surface area (Å²) in [4.78, 5) is 28.8. The van der Waals surface area contributed by atoms with Crippen LogP contribution in [0.3, 0.4) is 0 Å². The van der Waals surface area contributed by atoms with Gasteiger partial charge in [-0.25, -0.2) is 4.98 Å². The van der Waals surface area contributed by atoms with Gasteiger partial charge >= 0.3 is 5.97 Å². The summed E-state index contributed by atoms with van der Waals surface area (Å²) in [5.41, 5.74) is 1.83. The summed E-state index contributed by atoms with van der Waals surface area (Å²) >= 11 is 0. The zero-order valence-electron chi connectivity index (χ0n) is 8.69. The number of aromatic amines is 1. The number of benzene rings is 1. The van der Waals surface area contributed by atoms with Crippen molar-refractivity contribution in [1.29, 1.82) is 0 Å². The minimum Gasteiger partial charge on any atom is -0.469 e. The van der Waals surface area contributed by atoms with E-state index in [2.05, 4.69) is 14.7 Å². The summed E-state index contributed by atoms with van der Waals surface area (Å²) in [5.74, 6) is -0.314. The first-order valence-corrected chi connectivity index (χ1v) is 4.74. The molecule has 1 N–H and O–H groups in total. The molecule has 0 bridgehead atoms. The van der Waals surface area contributed by atoms with Crippen molar-refractivity contribution in [3.05, 3.63) is 40.3 Å². The number of ether oxygens (including phenoxy) is 1. The highest BCUT2D eigenvalue weighted by molar-refractivity contribution is 5.78. The summed E-state index contributed by atoms with van der Waals surface area (Å²) < 4.78 is 4.56. The number of nitrogens with one attached hydrogen (secondary N) is 1. The van der Waals surface area contributed by atoms with Crippen LogP contribution in [-0.2, 0) is 16.0 Å². The number of hydrogen-bond acceptors (Lipinski definition) is 4. The van der Waals surface area contributed by atoms with E-state index in [4.69, 9.17) is 0 Å². The number of rotatable bonds is 2. The average molecular weight is 218 g/mol. The number of nitrogens with zero attached hydrogens (tertiary/aromatic N) is 1. The lowest BCUT2D eigenvalue weighted by molar-refractivity contribution is -0.139. The van der Waals surface area contributed by atoms with E-state index in [0.717, 1.165) is 5.56 Å². The lowest BCUT2D eigenvalue weighted by Gasteiger charge is -2.01. The summed E-state index contributed by atoms with van der Waals surface area (Å²) in [7, 11) is 1.34. The zero-order chi connectivity index (χ0) is 11.5. The number of H-pyrrole nitrogens is 1. The molecule has 16 heavy (non-hydrogen) atoms. The summed E-state index contributed by atoms with van der Waals surface area (Å²) in [6, 6.07) is 5.26. The number of methoxy groups -OCH3 is 1. The van der Waals surface area contributed by atoms with Gasteiger partial charge < -0.3 is 9.72 Å². The third-order valence-corrected chi connectivity index (χ3v) is 2.22. The molecule has 0 saturated heterocycles. The van der Waals surface area contributed by atoms with Crippen LogP contribution in [0, 0.1) is 0 Å². The predicted octanol–water partition coefficient (Wildman–Crippen LogP) is 0.639. The summed E-state index contributed by atoms with van der Waals surface area (Å²) in [5, 5.41) is 0. The predicted molar refractivity (Wildman–Crippen MR) is 58.1 cm³/mol. The molecule has 1 aromatic carbocycles. The number of hydrogen-bond donors (Lipinski definition) is 1. The first-order valence-electron chi connectivity index (χ1n) is 4.74. The van der Waals surface area contributed by atoms with Crippen LogP contribution in [0.2, 0.25) is 0 Å². The Morgan fingerprint density at radius 3 is 3.06 bits per heavy atom. The van der Waals surface area contributed by atoms with Crippen LogP contribution in [0.5, 0.6) is 0 Å². The van der Waals surface area contributed by atoms with E-state index in [0.29, 0.717) is 11.0 Å². The second kappa shape index (κ2) is 4.14. The van der Waals surface area contributed by atoms with Gasteiger partial charge in [-0.05, 0) is 17.7 Å². The normalized spacial score (nSPS) is 10.3. The molecular weight excluding hydrogens is 208 g/mol. The molecular formula is C11H10N2O3. The van der Waals surface area contributed by atoms with Crippen molar-refractivity contribution < 1.29 is 9.53 Å². The molecule has 5 nitrogen and oxygen atoms in total. The molecule has 0 saturated carbocycles. The third-order valence-electron chi connectivity index (χ3n) is 2.22. The van der Waals surface area contributed by atoms with E-state index in [-0.39, 0.29) is 17.9 Å². The van der Waals surface area contributed by atoms with E-state index < -0.39 is 0 Å². The van der Waals surface area contributed by atoms with E-state index in [1.54, 1.807) is 18.2 Å². The number of carbonyl (C=O) groups excluding carboxylic acids is 1. The number of aromatic nitrogens is 2. The molecule has 0 atom stereocenters. The highest BCUT2D eigenvalue weighted by Crippen LogP contribution is 2.10. The van der Waals surface area contributed by atoms with E-state index in [1.807, 2.05) is 0 Å². The average Bonchev–Trinajstić information content (AvgIpc) is 2.28. The highest BCUT2D eigenvalue weighted by atomic mass is 16.5. The Labute approximate surface area is 91.1 Å². The van der Waals surface area contributed by atoms with Crippen molar-refractivity contribution in [2.75, 3.05) is 7.11 Å². The number of esters is 1. The van der Waals surface area contributed by atoms with Crippen LogP contribution in [0.4, 0.5) is 0 Å². The fourth-order valence-corrected chi connectivity index (χ4v) is 1.44. The third kappa shape index (κ3) is 2.08. The van der Waals surface area contributed by atoms with Gasteiger partial charge in [-0.2, -0.15) is 0 Å². The molecule has 0 aliphatic heterocycles. The Kier molecular flexibility index (Phi) is 2.68. The van der Waals surface area contributed by atoms with Gasteiger partial charge in [0.25, 0.3) is 5.56 Å². The lowest BCUT2D eigenvalue weighted by atomic mass is 10.1. The van der Waals surface area contributed by atoms with Gasteiger partial charge in [-0.1, -0.05) is 6.07 Å². The van der Waals surface area contributed by atoms with Gasteiger partial charge in [0.15, 0.2) is 0 Å². The van der Waals surface area contributed by atoms with Crippen molar-refractivity contribution in [3.63, 3.8) is 0 Å². The maximum Gasteiger partial charge on any atom is 0.309 e. The monoisotopic (exact) mass is 218 g/mol. The van der Waals surface area contributed by atoms with E-state index >= 15 is 0 Å². The van der Waals surface area contributed by atoms with Gasteiger partial charge in [0.2, 0.25) is 0 Å². The molecule has 2 rings (SSSR count). The standard InChI is InChI=1S/C11H10N2O3/c1-16-11(15)5-7-2-3-8-9(4-7)13-10(14)6-12-8/h2-4,6H,5H2,1H3,(H,13,14). The fourth-order valence-electron chi connectivity index (χ4n) is 1.44. The first kappa shape index (κ1) is 10.4. The molecule has 2 aromatic rings. The zero-order valence-corrected chi connectivity index (χ0v) is 8.69.